The van der Waals surface area contributed by atoms with E-state index in [0.29, 0.717) is 5.69 Å². The van der Waals surface area contributed by atoms with Gasteiger partial charge in [0, 0.05) is 50.0 Å². The minimum Gasteiger partial charge on any atom is -0.355 e. The average Bonchev–Trinajstić information content (AvgIpc) is 2.68. The molecule has 6 heteroatoms. The van der Waals surface area contributed by atoms with Crippen molar-refractivity contribution < 1.29 is 4.79 Å². The van der Waals surface area contributed by atoms with E-state index < -0.39 is 0 Å². The van der Waals surface area contributed by atoms with Gasteiger partial charge in [0.15, 0.2) is 11.5 Å². The molecule has 2 aromatic rings. The molecule has 26 heavy (non-hydrogen) atoms. The van der Waals surface area contributed by atoms with Gasteiger partial charge in [0.1, 0.15) is 0 Å². The first-order valence-electron chi connectivity index (χ1n) is 9.61. The zero-order valence-corrected chi connectivity index (χ0v) is 15.7. The Morgan fingerprint density at radius 3 is 2.31 bits per heavy atom. The molecule has 1 aromatic carbocycles. The van der Waals surface area contributed by atoms with Crippen LogP contribution < -0.4 is 4.90 Å². The lowest BCUT2D eigenvalue weighted by Gasteiger charge is -2.33. The highest BCUT2D eigenvalue weighted by molar-refractivity contribution is 6.07. The topological polar surface area (TPSA) is 52.6 Å². The van der Waals surface area contributed by atoms with E-state index in [1.54, 1.807) is 0 Å². The van der Waals surface area contributed by atoms with Crippen molar-refractivity contribution in [3.8, 4) is 0 Å². The summed E-state index contributed by atoms with van der Waals surface area (Å²) in [5.41, 5.74) is 0.485. The smallest absolute Gasteiger partial charge is 0.275 e. The second kappa shape index (κ2) is 7.19. The highest BCUT2D eigenvalue weighted by Gasteiger charge is 2.26. The Hall–Kier alpha value is -2.21. The van der Waals surface area contributed by atoms with E-state index in [-0.39, 0.29) is 5.91 Å². The Bertz CT molecular complexity index is 792. The van der Waals surface area contributed by atoms with E-state index >= 15 is 0 Å². The summed E-state index contributed by atoms with van der Waals surface area (Å²) in [5.74, 6) is 1.69. The number of aromatic nitrogens is 2. The van der Waals surface area contributed by atoms with Crippen molar-refractivity contribution in [1.29, 1.82) is 0 Å². The highest BCUT2D eigenvalue weighted by Crippen LogP contribution is 2.29. The molecule has 1 amide bonds. The number of piperazine rings is 1. The summed E-state index contributed by atoms with van der Waals surface area (Å²) in [7, 11) is 2.09. The van der Waals surface area contributed by atoms with Crippen LogP contribution in [0.25, 0.3) is 10.8 Å². The fourth-order valence-electron chi connectivity index (χ4n) is 3.86. The fourth-order valence-corrected chi connectivity index (χ4v) is 3.86. The number of anilines is 1. The third kappa shape index (κ3) is 3.26. The SMILES string of the molecule is CC1CCN(c2nnc(C(=O)N3CCN(C)CC3)c3ccccc23)CC1. The molecular weight excluding hydrogens is 326 g/mol. The maximum absolute atomic E-state index is 13.0. The molecule has 0 bridgehead atoms. The largest absolute Gasteiger partial charge is 0.355 e. The molecule has 2 aliphatic rings. The highest BCUT2D eigenvalue weighted by atomic mass is 16.2. The maximum Gasteiger partial charge on any atom is 0.275 e. The molecule has 4 rings (SSSR count). The van der Waals surface area contributed by atoms with Gasteiger partial charge in [0.25, 0.3) is 5.91 Å². The number of nitrogens with zero attached hydrogens (tertiary/aromatic N) is 5. The predicted octanol–water partition coefficient (Wildman–Crippen LogP) is 2.25. The average molecular weight is 353 g/mol. The third-order valence-corrected chi connectivity index (χ3v) is 5.74. The molecule has 6 nitrogen and oxygen atoms in total. The molecule has 2 aliphatic heterocycles. The number of fused-ring (bicyclic) bond motifs is 1. The minimum absolute atomic E-state index is 0.000571. The number of piperidine rings is 1. The van der Waals surface area contributed by atoms with Gasteiger partial charge in [-0.1, -0.05) is 31.2 Å². The first-order valence-corrected chi connectivity index (χ1v) is 9.61. The van der Waals surface area contributed by atoms with E-state index in [1.807, 2.05) is 23.1 Å². The van der Waals surface area contributed by atoms with Gasteiger partial charge in [0.2, 0.25) is 0 Å². The number of benzene rings is 1. The predicted molar refractivity (Wildman–Crippen MR) is 104 cm³/mol. The van der Waals surface area contributed by atoms with Gasteiger partial charge in [-0.3, -0.25) is 4.79 Å². The maximum atomic E-state index is 13.0. The Balaban J connectivity index is 1.67. The lowest BCUT2D eigenvalue weighted by molar-refractivity contribution is 0.0659. The zero-order chi connectivity index (χ0) is 18.1. The first-order chi connectivity index (χ1) is 12.6. The number of carbonyl (C=O) groups is 1. The Labute approximate surface area is 154 Å². The number of hydrogen-bond acceptors (Lipinski definition) is 5. The van der Waals surface area contributed by atoms with Crippen molar-refractivity contribution in [3.63, 3.8) is 0 Å². The summed E-state index contributed by atoms with van der Waals surface area (Å²) in [6.07, 6.45) is 2.36. The molecule has 0 unspecified atom stereocenters. The standard InChI is InChI=1S/C20H27N5O/c1-15-7-9-24(10-8-15)19-17-6-4-3-5-16(17)18(21-22-19)20(26)25-13-11-23(2)12-14-25/h3-6,15H,7-14H2,1-2H3. The van der Waals surface area contributed by atoms with Gasteiger partial charge in [-0.15, -0.1) is 10.2 Å². The summed E-state index contributed by atoms with van der Waals surface area (Å²) in [4.78, 5) is 19.5. The van der Waals surface area contributed by atoms with Gasteiger partial charge in [-0.25, -0.2) is 0 Å². The zero-order valence-electron chi connectivity index (χ0n) is 15.7. The van der Waals surface area contributed by atoms with E-state index in [2.05, 4.69) is 40.0 Å². The molecule has 0 saturated carbocycles. The van der Waals surface area contributed by atoms with E-state index in [9.17, 15) is 4.79 Å². The van der Waals surface area contributed by atoms with Crippen LogP contribution in [0.2, 0.25) is 0 Å². The molecule has 3 heterocycles. The van der Waals surface area contributed by atoms with Crippen LogP contribution in [0.3, 0.4) is 0 Å². The summed E-state index contributed by atoms with van der Waals surface area (Å²) in [5, 5.41) is 10.9. The van der Waals surface area contributed by atoms with Crippen LogP contribution in [0, 0.1) is 5.92 Å². The fraction of sp³-hybridized carbons (Fsp3) is 0.550. The van der Waals surface area contributed by atoms with Crippen LogP contribution in [0.1, 0.15) is 30.3 Å². The van der Waals surface area contributed by atoms with Gasteiger partial charge in [-0.2, -0.15) is 0 Å². The van der Waals surface area contributed by atoms with Crippen molar-refractivity contribution in [2.75, 3.05) is 51.2 Å². The van der Waals surface area contributed by atoms with Gasteiger partial charge >= 0.3 is 0 Å². The Morgan fingerprint density at radius 1 is 0.962 bits per heavy atom. The monoisotopic (exact) mass is 353 g/mol. The molecule has 2 saturated heterocycles. The van der Waals surface area contributed by atoms with Crippen LogP contribution in [-0.2, 0) is 0 Å². The van der Waals surface area contributed by atoms with E-state index in [1.165, 1.54) is 12.8 Å². The summed E-state index contributed by atoms with van der Waals surface area (Å²) in [6.45, 7) is 7.62. The molecule has 2 fully saturated rings. The van der Waals surface area contributed by atoms with Crippen LogP contribution in [-0.4, -0.2) is 72.2 Å². The number of rotatable bonds is 2. The summed E-state index contributed by atoms with van der Waals surface area (Å²) >= 11 is 0. The number of amides is 1. The quantitative estimate of drug-likeness (QED) is 0.829. The van der Waals surface area contributed by atoms with Crippen molar-refractivity contribution in [2.24, 2.45) is 5.92 Å². The van der Waals surface area contributed by atoms with Gasteiger partial charge in [-0.05, 0) is 25.8 Å². The van der Waals surface area contributed by atoms with Crippen LogP contribution in [0.5, 0.6) is 0 Å². The molecule has 0 N–H and O–H groups in total. The van der Waals surface area contributed by atoms with Gasteiger partial charge in [0.05, 0.1) is 0 Å². The Morgan fingerprint density at radius 2 is 1.62 bits per heavy atom. The van der Waals surface area contributed by atoms with Crippen molar-refractivity contribution in [3.05, 3.63) is 30.0 Å². The molecular formula is C20H27N5O. The Kier molecular flexibility index (Phi) is 4.76. The third-order valence-electron chi connectivity index (χ3n) is 5.74. The number of likely N-dealkylation sites (N-methyl/N-ethyl adjacent to an activating group) is 1. The van der Waals surface area contributed by atoms with Crippen molar-refractivity contribution in [2.45, 2.75) is 19.8 Å². The summed E-state index contributed by atoms with van der Waals surface area (Å²) in [6, 6.07) is 8.07. The van der Waals surface area contributed by atoms with Gasteiger partial charge < -0.3 is 14.7 Å². The second-order valence-corrected chi connectivity index (χ2v) is 7.68. The minimum atomic E-state index is 0.000571. The molecule has 0 atom stereocenters. The van der Waals surface area contributed by atoms with E-state index in [4.69, 9.17) is 0 Å². The summed E-state index contributed by atoms with van der Waals surface area (Å²) < 4.78 is 0. The van der Waals surface area contributed by atoms with Crippen molar-refractivity contribution >= 4 is 22.5 Å². The first kappa shape index (κ1) is 17.2. The lowest BCUT2D eigenvalue weighted by Crippen LogP contribution is -2.47. The number of hydrogen-bond donors (Lipinski definition) is 0. The van der Waals surface area contributed by atoms with E-state index in [0.717, 1.165) is 61.8 Å². The normalized spacial score (nSPS) is 19.9. The molecule has 0 spiro atoms. The molecule has 0 radical (unpaired) electrons. The van der Waals surface area contributed by atoms with Crippen LogP contribution in [0.15, 0.2) is 24.3 Å². The second-order valence-electron chi connectivity index (χ2n) is 7.68. The molecule has 1 aromatic heterocycles. The van der Waals surface area contributed by atoms with Crippen molar-refractivity contribution in [1.82, 2.24) is 20.0 Å². The molecule has 0 aliphatic carbocycles. The van der Waals surface area contributed by atoms with Crippen LogP contribution in [0.4, 0.5) is 5.82 Å². The number of carbonyl (C=O) groups excluding carboxylic acids is 1. The molecule has 138 valence electrons. The lowest BCUT2D eigenvalue weighted by atomic mass is 9.99. The van der Waals surface area contributed by atoms with Crippen LogP contribution >= 0.6 is 0 Å².